The number of nitrogens with one attached hydrogen (secondary N) is 2. The van der Waals surface area contributed by atoms with Crippen molar-refractivity contribution in [2.45, 2.75) is 18.9 Å². The van der Waals surface area contributed by atoms with E-state index >= 15 is 0 Å². The highest BCUT2D eigenvalue weighted by Crippen LogP contribution is 2.12. The Morgan fingerprint density at radius 1 is 1.04 bits per heavy atom. The number of carbonyl (C=O) groups excluding carboxylic acids is 1. The van der Waals surface area contributed by atoms with Crippen molar-refractivity contribution in [1.82, 2.24) is 10.3 Å². The average Bonchev–Trinajstić information content (AvgIpc) is 2.56. The van der Waals surface area contributed by atoms with Crippen molar-refractivity contribution in [2.75, 3.05) is 18.4 Å². The fraction of sp³-hybridized carbons (Fsp3) is 0.294. The summed E-state index contributed by atoms with van der Waals surface area (Å²) in [6, 6.07) is 15.1. The summed E-state index contributed by atoms with van der Waals surface area (Å²) in [5.41, 5.74) is 7.00. The normalized spacial score (nSPS) is 10.7. The summed E-state index contributed by atoms with van der Waals surface area (Å²) in [5.74, 6) is 0.828. The molecule has 24 heavy (non-hydrogen) atoms. The van der Waals surface area contributed by atoms with Crippen LogP contribution >= 0.6 is 24.8 Å². The summed E-state index contributed by atoms with van der Waals surface area (Å²) < 4.78 is 0. The number of hydrogen-bond acceptors (Lipinski definition) is 4. The molecule has 1 aromatic heterocycles. The number of nitrogens with two attached hydrogens (primary N) is 1. The molecular weight excluding hydrogens is 347 g/mol. The van der Waals surface area contributed by atoms with Gasteiger partial charge in [-0.25, -0.2) is 4.98 Å². The summed E-state index contributed by atoms with van der Waals surface area (Å²) in [6.45, 7) is 1.39. The second-order valence-electron chi connectivity index (χ2n) is 5.07. The molecule has 0 aliphatic carbocycles. The standard InChI is InChI=1S/C17H22N4O.2ClH/c18-15(14-7-2-1-3-8-14)13-17(22)21-12-6-11-20-16-9-4-5-10-19-16;;/h1-5,7-10,15H,6,11-13,18H2,(H,19,20)(H,21,22);2*1H. The Balaban J connectivity index is 0.00000264. The van der Waals surface area contributed by atoms with Gasteiger partial charge in [0, 0.05) is 31.7 Å². The van der Waals surface area contributed by atoms with Crippen LogP contribution < -0.4 is 16.4 Å². The van der Waals surface area contributed by atoms with Gasteiger partial charge in [-0.1, -0.05) is 36.4 Å². The van der Waals surface area contributed by atoms with Crippen molar-refractivity contribution in [2.24, 2.45) is 5.73 Å². The monoisotopic (exact) mass is 370 g/mol. The van der Waals surface area contributed by atoms with E-state index in [1.165, 1.54) is 0 Å². The molecule has 0 spiro atoms. The predicted molar refractivity (Wildman–Crippen MR) is 103 cm³/mol. The van der Waals surface area contributed by atoms with E-state index < -0.39 is 0 Å². The molecule has 0 aliphatic heterocycles. The number of carbonyl (C=O) groups is 1. The zero-order chi connectivity index (χ0) is 15.6. The van der Waals surface area contributed by atoms with Gasteiger partial charge in [-0.3, -0.25) is 4.79 Å². The van der Waals surface area contributed by atoms with Gasteiger partial charge in [-0.05, 0) is 24.1 Å². The maximum Gasteiger partial charge on any atom is 0.221 e. The van der Waals surface area contributed by atoms with Crippen LogP contribution in [0, 0.1) is 0 Å². The second kappa shape index (κ2) is 12.6. The van der Waals surface area contributed by atoms with Gasteiger partial charge in [0.15, 0.2) is 0 Å². The number of pyridine rings is 1. The third-order valence-corrected chi connectivity index (χ3v) is 3.28. The van der Waals surface area contributed by atoms with Crippen LogP contribution in [0.5, 0.6) is 0 Å². The van der Waals surface area contributed by atoms with E-state index in [0.717, 1.165) is 24.3 Å². The Bertz CT molecular complexity index is 569. The highest BCUT2D eigenvalue weighted by molar-refractivity contribution is 5.85. The van der Waals surface area contributed by atoms with Gasteiger partial charge in [0.25, 0.3) is 0 Å². The molecule has 1 unspecified atom stereocenters. The van der Waals surface area contributed by atoms with E-state index in [1.807, 2.05) is 48.5 Å². The molecule has 1 aromatic carbocycles. The van der Waals surface area contributed by atoms with Crippen LogP contribution in [0.25, 0.3) is 0 Å². The minimum atomic E-state index is -0.257. The summed E-state index contributed by atoms with van der Waals surface area (Å²) in [4.78, 5) is 16.0. The van der Waals surface area contributed by atoms with Crippen LogP contribution in [0.1, 0.15) is 24.4 Å². The highest BCUT2D eigenvalue weighted by atomic mass is 35.5. The van der Waals surface area contributed by atoms with Gasteiger partial charge in [0.2, 0.25) is 5.91 Å². The fourth-order valence-electron chi connectivity index (χ4n) is 2.09. The first-order valence-corrected chi connectivity index (χ1v) is 7.48. The van der Waals surface area contributed by atoms with Crippen LogP contribution in [0.3, 0.4) is 0 Å². The average molecular weight is 371 g/mol. The zero-order valence-electron chi connectivity index (χ0n) is 13.4. The lowest BCUT2D eigenvalue weighted by atomic mass is 10.0. The van der Waals surface area contributed by atoms with Crippen molar-refractivity contribution >= 4 is 36.5 Å². The highest BCUT2D eigenvalue weighted by Gasteiger charge is 2.10. The summed E-state index contributed by atoms with van der Waals surface area (Å²) in [6.07, 6.45) is 2.88. The van der Waals surface area contributed by atoms with Crippen LogP contribution in [0.2, 0.25) is 0 Å². The zero-order valence-corrected chi connectivity index (χ0v) is 15.0. The molecule has 2 rings (SSSR count). The number of benzene rings is 1. The quantitative estimate of drug-likeness (QED) is 0.624. The third-order valence-electron chi connectivity index (χ3n) is 3.28. The molecule has 0 aliphatic rings. The number of aromatic nitrogens is 1. The molecule has 0 saturated carbocycles. The van der Waals surface area contributed by atoms with Crippen molar-refractivity contribution in [3.63, 3.8) is 0 Å². The number of rotatable bonds is 8. The topological polar surface area (TPSA) is 80.0 Å². The molecule has 7 heteroatoms. The van der Waals surface area contributed by atoms with E-state index in [9.17, 15) is 4.79 Å². The van der Waals surface area contributed by atoms with Gasteiger partial charge < -0.3 is 16.4 Å². The maximum absolute atomic E-state index is 11.8. The lowest BCUT2D eigenvalue weighted by Gasteiger charge is -2.12. The van der Waals surface area contributed by atoms with Gasteiger partial charge >= 0.3 is 0 Å². The lowest BCUT2D eigenvalue weighted by Crippen LogP contribution is -2.29. The van der Waals surface area contributed by atoms with Gasteiger partial charge in [0.05, 0.1) is 0 Å². The summed E-state index contributed by atoms with van der Waals surface area (Å²) in [5, 5.41) is 6.09. The smallest absolute Gasteiger partial charge is 0.221 e. The van der Waals surface area contributed by atoms with E-state index in [-0.39, 0.29) is 36.8 Å². The molecule has 0 saturated heterocycles. The molecule has 1 heterocycles. The SMILES string of the molecule is Cl.Cl.NC(CC(=O)NCCCNc1ccccn1)c1ccccc1. The molecule has 1 atom stereocenters. The first-order valence-electron chi connectivity index (χ1n) is 7.48. The number of amides is 1. The first-order chi connectivity index (χ1) is 10.8. The molecule has 132 valence electrons. The van der Waals surface area contributed by atoms with Crippen LogP contribution in [-0.2, 0) is 4.79 Å². The van der Waals surface area contributed by atoms with E-state index in [1.54, 1.807) is 6.20 Å². The van der Waals surface area contributed by atoms with Crippen LogP contribution in [-0.4, -0.2) is 24.0 Å². The van der Waals surface area contributed by atoms with Crippen LogP contribution in [0.15, 0.2) is 54.7 Å². The van der Waals surface area contributed by atoms with Crippen LogP contribution in [0.4, 0.5) is 5.82 Å². The third kappa shape index (κ3) is 8.15. The molecule has 0 bridgehead atoms. The fourth-order valence-corrected chi connectivity index (χ4v) is 2.09. The second-order valence-corrected chi connectivity index (χ2v) is 5.07. The van der Waals surface area contributed by atoms with Gasteiger partial charge in [0.1, 0.15) is 5.82 Å². The first kappa shape index (κ1) is 22.2. The van der Waals surface area contributed by atoms with E-state index in [2.05, 4.69) is 15.6 Å². The minimum Gasteiger partial charge on any atom is -0.370 e. The summed E-state index contributed by atoms with van der Waals surface area (Å²) >= 11 is 0. The van der Waals surface area contributed by atoms with Crippen molar-refractivity contribution in [3.8, 4) is 0 Å². The van der Waals surface area contributed by atoms with Gasteiger partial charge in [-0.2, -0.15) is 0 Å². The maximum atomic E-state index is 11.8. The Hall–Kier alpha value is -1.82. The molecule has 0 fully saturated rings. The molecule has 1 amide bonds. The Kier molecular flexibility index (Phi) is 11.6. The largest absolute Gasteiger partial charge is 0.370 e. The predicted octanol–water partition coefficient (Wildman–Crippen LogP) is 2.93. The number of anilines is 1. The van der Waals surface area contributed by atoms with Gasteiger partial charge in [-0.15, -0.1) is 24.8 Å². The Morgan fingerprint density at radius 2 is 1.75 bits per heavy atom. The Morgan fingerprint density at radius 3 is 2.42 bits per heavy atom. The van der Waals surface area contributed by atoms with Crippen molar-refractivity contribution in [1.29, 1.82) is 0 Å². The lowest BCUT2D eigenvalue weighted by molar-refractivity contribution is -0.121. The number of halogens is 2. The van der Waals surface area contributed by atoms with E-state index in [4.69, 9.17) is 5.73 Å². The molecular formula is C17H24Cl2N4O. The van der Waals surface area contributed by atoms with E-state index in [0.29, 0.717) is 13.0 Å². The number of hydrogen-bond donors (Lipinski definition) is 3. The molecule has 4 N–H and O–H groups in total. The Labute approximate surface area is 155 Å². The van der Waals surface area contributed by atoms with Crippen molar-refractivity contribution in [3.05, 3.63) is 60.3 Å². The van der Waals surface area contributed by atoms with Crippen molar-refractivity contribution < 1.29 is 4.79 Å². The molecule has 0 radical (unpaired) electrons. The summed E-state index contributed by atoms with van der Waals surface area (Å²) in [7, 11) is 0. The molecule has 2 aromatic rings. The minimum absolute atomic E-state index is 0. The number of nitrogens with zero attached hydrogens (tertiary/aromatic N) is 1. The molecule has 5 nitrogen and oxygen atoms in total.